The molecule has 2 aromatic carbocycles. The van der Waals surface area contributed by atoms with E-state index in [2.05, 4.69) is 39.8 Å². The van der Waals surface area contributed by atoms with E-state index in [1.165, 1.54) is 6.42 Å². The average molecular weight is 351 g/mol. The van der Waals surface area contributed by atoms with Gasteiger partial charge in [0.2, 0.25) is 0 Å². The number of nitrogens with zero attached hydrogens (tertiary/aromatic N) is 1. The van der Waals surface area contributed by atoms with Crippen molar-refractivity contribution in [2.24, 2.45) is 0 Å². The topological polar surface area (TPSA) is 29.5 Å². The zero-order chi connectivity index (χ0) is 18.8. The number of Topliss-reactive ketones (excluding diaryl/α,β-unsaturated/α-hetero) is 1. The molecule has 138 valence electrons. The summed E-state index contributed by atoms with van der Waals surface area (Å²) in [4.78, 5) is 18.6. The maximum atomic E-state index is 12.6. The van der Waals surface area contributed by atoms with Crippen LogP contribution in [0.15, 0.2) is 54.6 Å². The maximum absolute atomic E-state index is 12.6. The first kappa shape index (κ1) is 18.8. The third-order valence-corrected chi connectivity index (χ3v) is 5.32. The molecule has 3 nitrogen and oxygen atoms in total. The molecule has 1 aliphatic rings. The normalized spacial score (nSPS) is 19.2. The molecule has 0 bridgehead atoms. The summed E-state index contributed by atoms with van der Waals surface area (Å²) in [6.07, 6.45) is 3.35. The molecule has 0 radical (unpaired) electrons. The molecular formula is C23H29NO2. The molecular weight excluding hydrogens is 322 g/mol. The lowest BCUT2D eigenvalue weighted by Gasteiger charge is -2.51. The Morgan fingerprint density at radius 3 is 2.00 bits per heavy atom. The van der Waals surface area contributed by atoms with E-state index in [9.17, 15) is 4.79 Å². The summed E-state index contributed by atoms with van der Waals surface area (Å²) in [6.45, 7) is 8.83. The summed E-state index contributed by atoms with van der Waals surface area (Å²) < 4.78 is 0. The van der Waals surface area contributed by atoms with Crippen LogP contribution >= 0.6 is 0 Å². The molecule has 0 atom stereocenters. The molecule has 1 fully saturated rings. The molecule has 2 aromatic rings. The smallest absolute Gasteiger partial charge is 0.190 e. The van der Waals surface area contributed by atoms with Gasteiger partial charge in [-0.25, -0.2) is 0 Å². The maximum Gasteiger partial charge on any atom is 0.190 e. The van der Waals surface area contributed by atoms with Crippen LogP contribution < -0.4 is 0 Å². The van der Waals surface area contributed by atoms with Crippen LogP contribution in [0.1, 0.15) is 57.3 Å². The van der Waals surface area contributed by atoms with Gasteiger partial charge in [-0.1, -0.05) is 54.6 Å². The van der Waals surface area contributed by atoms with Crippen LogP contribution in [0.25, 0.3) is 11.1 Å². The van der Waals surface area contributed by atoms with Gasteiger partial charge >= 0.3 is 0 Å². The number of ketones is 1. The summed E-state index contributed by atoms with van der Waals surface area (Å²) in [6, 6.07) is 18.0. The molecule has 26 heavy (non-hydrogen) atoms. The zero-order valence-electron chi connectivity index (χ0n) is 16.3. The summed E-state index contributed by atoms with van der Waals surface area (Å²) in [7, 11) is 0. The standard InChI is InChI=1S/C23H29NO2/c1-22(2)15-8-16-23(3,4)24(22)26-17-21(25)20-13-11-19(12-14-20)18-9-6-5-7-10-18/h5-7,9-14H,8,15-17H2,1-4H3. The summed E-state index contributed by atoms with van der Waals surface area (Å²) in [5.41, 5.74) is 2.84. The molecule has 0 saturated carbocycles. The van der Waals surface area contributed by atoms with Gasteiger partial charge in [0, 0.05) is 16.6 Å². The monoisotopic (exact) mass is 351 g/mol. The van der Waals surface area contributed by atoms with E-state index < -0.39 is 0 Å². The van der Waals surface area contributed by atoms with Gasteiger partial charge in [-0.2, -0.15) is 5.06 Å². The second-order valence-electron chi connectivity index (χ2n) is 8.41. The number of piperidine rings is 1. The van der Waals surface area contributed by atoms with Crippen LogP contribution in [-0.4, -0.2) is 28.5 Å². The largest absolute Gasteiger partial charge is 0.291 e. The Morgan fingerprint density at radius 2 is 1.42 bits per heavy atom. The van der Waals surface area contributed by atoms with Gasteiger partial charge < -0.3 is 0 Å². The SMILES string of the molecule is CC1(C)CCCC(C)(C)N1OCC(=O)c1ccc(-c2ccccc2)cc1. The average Bonchev–Trinajstić information content (AvgIpc) is 2.61. The van der Waals surface area contributed by atoms with E-state index in [1.54, 1.807) is 0 Å². The first-order valence-electron chi connectivity index (χ1n) is 9.42. The van der Waals surface area contributed by atoms with Crippen molar-refractivity contribution in [3.63, 3.8) is 0 Å². The summed E-state index contributed by atoms with van der Waals surface area (Å²) >= 11 is 0. The number of rotatable bonds is 5. The minimum absolute atomic E-state index is 0.0155. The van der Waals surface area contributed by atoms with Gasteiger partial charge in [0.05, 0.1) is 0 Å². The lowest BCUT2D eigenvalue weighted by atomic mass is 9.82. The van der Waals surface area contributed by atoms with Crippen LogP contribution in [0, 0.1) is 0 Å². The van der Waals surface area contributed by atoms with Crippen molar-refractivity contribution in [3.8, 4) is 11.1 Å². The number of benzene rings is 2. The Hall–Kier alpha value is -1.97. The Balaban J connectivity index is 1.66. The predicted octanol–water partition coefficient (Wildman–Crippen LogP) is 5.51. The first-order valence-corrected chi connectivity index (χ1v) is 9.42. The minimum atomic E-state index is -0.0564. The van der Waals surface area contributed by atoms with E-state index in [0.29, 0.717) is 5.56 Å². The molecule has 0 unspecified atom stereocenters. The van der Waals surface area contributed by atoms with Gasteiger partial charge in [-0.15, -0.1) is 0 Å². The zero-order valence-corrected chi connectivity index (χ0v) is 16.3. The lowest BCUT2D eigenvalue weighted by Crippen LogP contribution is -2.58. The molecule has 1 saturated heterocycles. The summed E-state index contributed by atoms with van der Waals surface area (Å²) in [5, 5.41) is 2.04. The van der Waals surface area contributed by atoms with Crippen molar-refractivity contribution in [2.75, 3.05) is 6.61 Å². The number of hydrogen-bond donors (Lipinski definition) is 0. The van der Waals surface area contributed by atoms with Gasteiger partial charge in [-0.3, -0.25) is 9.63 Å². The molecule has 0 spiro atoms. The second kappa shape index (κ2) is 7.34. The Bertz CT molecular complexity index is 732. The molecule has 0 amide bonds. The predicted molar refractivity (Wildman–Crippen MR) is 106 cm³/mol. The van der Waals surface area contributed by atoms with Crippen molar-refractivity contribution in [1.29, 1.82) is 0 Å². The van der Waals surface area contributed by atoms with Crippen LogP contribution in [0.4, 0.5) is 0 Å². The van der Waals surface area contributed by atoms with Crippen LogP contribution in [0.5, 0.6) is 0 Å². The molecule has 0 aliphatic carbocycles. The van der Waals surface area contributed by atoms with Crippen molar-refractivity contribution >= 4 is 5.78 Å². The molecule has 0 aromatic heterocycles. The van der Waals surface area contributed by atoms with Crippen molar-refractivity contribution in [1.82, 2.24) is 5.06 Å². The molecule has 0 N–H and O–H groups in total. The van der Waals surface area contributed by atoms with Crippen LogP contribution in [-0.2, 0) is 4.84 Å². The second-order valence-corrected chi connectivity index (χ2v) is 8.41. The number of carbonyl (C=O) groups is 1. The fourth-order valence-electron chi connectivity index (χ4n) is 4.01. The van der Waals surface area contributed by atoms with Crippen molar-refractivity contribution < 1.29 is 9.63 Å². The highest BCUT2D eigenvalue weighted by molar-refractivity contribution is 5.97. The molecule has 1 heterocycles. The van der Waals surface area contributed by atoms with Crippen LogP contribution in [0.3, 0.4) is 0 Å². The number of carbonyl (C=O) groups excluding carboxylic acids is 1. The highest BCUT2D eigenvalue weighted by atomic mass is 16.7. The number of hydrogen-bond acceptors (Lipinski definition) is 3. The van der Waals surface area contributed by atoms with E-state index in [1.807, 2.05) is 47.5 Å². The molecule has 1 aliphatic heterocycles. The highest BCUT2D eigenvalue weighted by Gasteiger charge is 2.42. The third-order valence-electron chi connectivity index (χ3n) is 5.32. The van der Waals surface area contributed by atoms with Gasteiger partial charge in [0.25, 0.3) is 0 Å². The van der Waals surface area contributed by atoms with E-state index >= 15 is 0 Å². The fraction of sp³-hybridized carbons (Fsp3) is 0.435. The fourth-order valence-corrected chi connectivity index (χ4v) is 4.01. The molecule has 3 heteroatoms. The van der Waals surface area contributed by atoms with Crippen molar-refractivity contribution in [2.45, 2.75) is 58.0 Å². The minimum Gasteiger partial charge on any atom is -0.291 e. The van der Waals surface area contributed by atoms with Gasteiger partial charge in [-0.05, 0) is 58.1 Å². The van der Waals surface area contributed by atoms with Gasteiger partial charge in [0.15, 0.2) is 5.78 Å². The third kappa shape index (κ3) is 4.05. The Morgan fingerprint density at radius 1 is 0.885 bits per heavy atom. The van der Waals surface area contributed by atoms with E-state index in [4.69, 9.17) is 4.84 Å². The molecule has 3 rings (SSSR count). The van der Waals surface area contributed by atoms with Crippen LogP contribution in [0.2, 0.25) is 0 Å². The Labute approximate surface area is 156 Å². The first-order chi connectivity index (χ1) is 12.3. The van der Waals surface area contributed by atoms with Gasteiger partial charge in [0.1, 0.15) is 6.61 Å². The quantitative estimate of drug-likeness (QED) is 0.665. The highest BCUT2D eigenvalue weighted by Crippen LogP contribution is 2.38. The van der Waals surface area contributed by atoms with E-state index in [0.717, 1.165) is 24.0 Å². The lowest BCUT2D eigenvalue weighted by molar-refractivity contribution is -0.273. The van der Waals surface area contributed by atoms with E-state index in [-0.39, 0.29) is 23.5 Å². The Kier molecular flexibility index (Phi) is 5.31. The summed E-state index contributed by atoms with van der Waals surface area (Å²) in [5.74, 6) is 0.0155. The van der Waals surface area contributed by atoms with Crippen molar-refractivity contribution in [3.05, 3.63) is 60.2 Å². The number of hydroxylamine groups is 2.